The number of hydrogen-bond donors (Lipinski definition) is 1. The third-order valence-electron chi connectivity index (χ3n) is 4.83. The molecule has 150 valence electrons. The van der Waals surface area contributed by atoms with Crippen LogP contribution in [0.5, 0.6) is 0 Å². The number of carbonyl (C=O) groups excluding carboxylic acids is 1. The van der Waals surface area contributed by atoms with E-state index in [0.717, 1.165) is 18.4 Å². The molecule has 1 saturated carbocycles. The number of thioether (sulfide) groups is 1. The molecule has 29 heavy (non-hydrogen) atoms. The van der Waals surface area contributed by atoms with Crippen molar-refractivity contribution in [3.8, 4) is 0 Å². The Morgan fingerprint density at radius 2 is 2.03 bits per heavy atom. The predicted octanol–water partition coefficient (Wildman–Crippen LogP) is 5.01. The second-order valence-electron chi connectivity index (χ2n) is 7.06. The molecule has 0 bridgehead atoms. The monoisotopic (exact) mass is 447 g/mol. The fourth-order valence-electron chi connectivity index (χ4n) is 3.23. The highest BCUT2D eigenvalue weighted by molar-refractivity contribution is 7.99. The van der Waals surface area contributed by atoms with Crippen LogP contribution in [0.2, 0.25) is 10.0 Å². The highest BCUT2D eigenvalue weighted by atomic mass is 35.5. The fraction of sp³-hybridized carbons (Fsp3) is 0.286. The molecule has 1 amide bonds. The van der Waals surface area contributed by atoms with Crippen LogP contribution in [0.25, 0.3) is 10.9 Å². The van der Waals surface area contributed by atoms with Gasteiger partial charge in [0, 0.05) is 16.1 Å². The van der Waals surface area contributed by atoms with Crippen molar-refractivity contribution in [2.24, 2.45) is 0 Å². The van der Waals surface area contributed by atoms with Crippen LogP contribution in [0.1, 0.15) is 37.4 Å². The zero-order valence-corrected chi connectivity index (χ0v) is 18.0. The molecule has 2 aromatic carbocycles. The van der Waals surface area contributed by atoms with Crippen LogP contribution >= 0.6 is 35.0 Å². The summed E-state index contributed by atoms with van der Waals surface area (Å²) in [5.41, 5.74) is 1.41. The molecule has 0 radical (unpaired) electrons. The fourth-order valence-corrected chi connectivity index (χ4v) is 4.68. The van der Waals surface area contributed by atoms with Gasteiger partial charge in [-0.25, -0.2) is 4.98 Å². The molecule has 5 nitrogen and oxygen atoms in total. The molecule has 1 fully saturated rings. The minimum Gasteiger partial charge on any atom is -0.349 e. The van der Waals surface area contributed by atoms with Crippen LogP contribution in [-0.2, 0) is 4.79 Å². The Balaban J connectivity index is 1.50. The molecule has 1 aliphatic rings. The van der Waals surface area contributed by atoms with Gasteiger partial charge < -0.3 is 5.32 Å². The van der Waals surface area contributed by atoms with Crippen LogP contribution in [0.3, 0.4) is 0 Å². The largest absolute Gasteiger partial charge is 0.349 e. The number of carbonyl (C=O) groups is 1. The van der Waals surface area contributed by atoms with E-state index < -0.39 is 0 Å². The second kappa shape index (κ2) is 8.38. The van der Waals surface area contributed by atoms with Crippen LogP contribution in [0.15, 0.2) is 52.4 Å². The number of fused-ring (bicyclic) bond motifs is 1. The molecule has 1 unspecified atom stereocenters. The van der Waals surface area contributed by atoms with Gasteiger partial charge in [0.1, 0.15) is 0 Å². The first-order valence-electron chi connectivity index (χ1n) is 9.32. The molecular weight excluding hydrogens is 429 g/mol. The lowest BCUT2D eigenvalue weighted by Gasteiger charge is -2.16. The maximum Gasteiger partial charge on any atom is 0.262 e. The van der Waals surface area contributed by atoms with Crippen LogP contribution in [0, 0.1) is 0 Å². The molecule has 1 aliphatic carbocycles. The highest BCUT2D eigenvalue weighted by Crippen LogP contribution is 2.36. The van der Waals surface area contributed by atoms with Crippen molar-refractivity contribution in [2.45, 2.75) is 37.0 Å². The molecule has 1 atom stereocenters. The van der Waals surface area contributed by atoms with Gasteiger partial charge in [0.2, 0.25) is 5.91 Å². The van der Waals surface area contributed by atoms with E-state index in [0.29, 0.717) is 26.1 Å². The summed E-state index contributed by atoms with van der Waals surface area (Å²) in [5.74, 6) is 0.00539. The average Bonchev–Trinajstić information content (AvgIpc) is 3.51. The van der Waals surface area contributed by atoms with E-state index in [9.17, 15) is 9.59 Å². The van der Waals surface area contributed by atoms with Crippen molar-refractivity contribution in [1.29, 1.82) is 0 Å². The van der Waals surface area contributed by atoms with Gasteiger partial charge in [0.25, 0.3) is 5.56 Å². The van der Waals surface area contributed by atoms with Gasteiger partial charge in [-0.1, -0.05) is 53.2 Å². The van der Waals surface area contributed by atoms with E-state index in [-0.39, 0.29) is 29.3 Å². The van der Waals surface area contributed by atoms with Crippen molar-refractivity contribution in [3.63, 3.8) is 0 Å². The minimum absolute atomic E-state index is 0.0395. The maximum absolute atomic E-state index is 12.9. The number of para-hydroxylation sites is 1. The van der Waals surface area contributed by atoms with Crippen molar-refractivity contribution >= 4 is 51.8 Å². The third kappa shape index (κ3) is 4.44. The zero-order valence-electron chi connectivity index (χ0n) is 15.7. The molecule has 0 aliphatic heterocycles. The normalized spacial score (nSPS) is 14.7. The number of nitrogens with one attached hydrogen (secondary N) is 1. The number of nitrogens with zero attached hydrogens (tertiary/aromatic N) is 2. The summed E-state index contributed by atoms with van der Waals surface area (Å²) >= 11 is 13.4. The van der Waals surface area contributed by atoms with Crippen LogP contribution in [0.4, 0.5) is 0 Å². The number of rotatable bonds is 6. The molecule has 0 saturated heterocycles. The van der Waals surface area contributed by atoms with E-state index >= 15 is 0 Å². The molecule has 0 spiro atoms. The smallest absolute Gasteiger partial charge is 0.262 e. The minimum atomic E-state index is -0.261. The summed E-state index contributed by atoms with van der Waals surface area (Å²) in [4.78, 5) is 30.0. The summed E-state index contributed by atoms with van der Waals surface area (Å²) in [7, 11) is 0. The van der Waals surface area contributed by atoms with Gasteiger partial charge in [-0.3, -0.25) is 14.2 Å². The Kier molecular flexibility index (Phi) is 5.86. The van der Waals surface area contributed by atoms with Gasteiger partial charge in [0.05, 0.1) is 22.7 Å². The van der Waals surface area contributed by atoms with Crippen LogP contribution < -0.4 is 10.9 Å². The first kappa shape index (κ1) is 20.3. The van der Waals surface area contributed by atoms with Crippen LogP contribution in [-0.4, -0.2) is 21.2 Å². The molecule has 1 N–H and O–H groups in total. The lowest BCUT2D eigenvalue weighted by Crippen LogP contribution is -2.29. The van der Waals surface area contributed by atoms with Crippen molar-refractivity contribution in [3.05, 3.63) is 68.4 Å². The van der Waals surface area contributed by atoms with E-state index in [1.54, 1.807) is 28.8 Å². The Labute approximate surface area is 182 Å². The van der Waals surface area contributed by atoms with E-state index in [1.807, 2.05) is 25.1 Å². The summed E-state index contributed by atoms with van der Waals surface area (Å²) in [6.07, 6.45) is 1.93. The lowest BCUT2D eigenvalue weighted by atomic mass is 10.1. The first-order chi connectivity index (χ1) is 13.9. The van der Waals surface area contributed by atoms with Gasteiger partial charge in [0.15, 0.2) is 5.16 Å². The third-order valence-corrected chi connectivity index (χ3v) is 6.34. The second-order valence-corrected chi connectivity index (χ2v) is 8.85. The van der Waals surface area contributed by atoms with Gasteiger partial charge in [-0.15, -0.1) is 0 Å². The summed E-state index contributed by atoms with van der Waals surface area (Å²) in [6, 6.07) is 12.4. The molecule has 1 aromatic heterocycles. The molecule has 1 heterocycles. The average molecular weight is 448 g/mol. The quantitative estimate of drug-likeness (QED) is 0.426. The Bertz CT molecular complexity index is 1140. The maximum atomic E-state index is 12.9. The highest BCUT2D eigenvalue weighted by Gasteiger charge is 2.28. The number of hydrogen-bond acceptors (Lipinski definition) is 4. The van der Waals surface area contributed by atoms with Gasteiger partial charge in [-0.05, 0) is 49.6 Å². The Morgan fingerprint density at radius 3 is 2.76 bits per heavy atom. The van der Waals surface area contributed by atoms with E-state index in [2.05, 4.69) is 10.3 Å². The Hall–Kier alpha value is -2.02. The Morgan fingerprint density at radius 1 is 1.28 bits per heavy atom. The van der Waals surface area contributed by atoms with Crippen molar-refractivity contribution < 1.29 is 4.79 Å². The first-order valence-corrected chi connectivity index (χ1v) is 11.1. The number of benzene rings is 2. The summed E-state index contributed by atoms with van der Waals surface area (Å²) in [6.45, 7) is 1.87. The predicted molar refractivity (Wildman–Crippen MR) is 118 cm³/mol. The van der Waals surface area contributed by atoms with Gasteiger partial charge >= 0.3 is 0 Å². The topological polar surface area (TPSA) is 64.0 Å². The zero-order chi connectivity index (χ0) is 20.5. The SMILES string of the molecule is CC(NC(=O)CSc1nc2ccccc2c(=O)n1C1CC1)c1ccc(Cl)cc1Cl. The molecule has 4 rings (SSSR count). The molecule has 3 aromatic rings. The van der Waals surface area contributed by atoms with E-state index in [4.69, 9.17) is 23.2 Å². The van der Waals surface area contributed by atoms with Crippen molar-refractivity contribution in [2.75, 3.05) is 5.75 Å². The van der Waals surface area contributed by atoms with E-state index in [1.165, 1.54) is 11.8 Å². The standard InChI is InChI=1S/C21H19Cl2N3O2S/c1-12(15-9-6-13(22)10-17(15)23)24-19(27)11-29-21-25-18-5-3-2-4-16(18)20(28)26(21)14-7-8-14/h2-6,9-10,12,14H,7-8,11H2,1H3,(H,24,27). The number of halogens is 2. The lowest BCUT2D eigenvalue weighted by molar-refractivity contribution is -0.119. The summed E-state index contributed by atoms with van der Waals surface area (Å²) < 4.78 is 1.74. The summed E-state index contributed by atoms with van der Waals surface area (Å²) in [5, 5.41) is 5.20. The van der Waals surface area contributed by atoms with Crippen molar-refractivity contribution in [1.82, 2.24) is 14.9 Å². The molecule has 8 heteroatoms. The molecular formula is C21H19Cl2N3O2S. The number of amides is 1. The number of aromatic nitrogens is 2. The van der Waals surface area contributed by atoms with Gasteiger partial charge in [-0.2, -0.15) is 0 Å².